The Hall–Kier alpha value is -1.41. The minimum absolute atomic E-state index is 0.0391. The van der Waals surface area contributed by atoms with Crippen molar-refractivity contribution in [2.24, 2.45) is 0 Å². The zero-order chi connectivity index (χ0) is 35.7. The summed E-state index contributed by atoms with van der Waals surface area (Å²) in [7, 11) is -5.24. The Morgan fingerprint density at radius 1 is 0.809 bits per heavy atom. The molecule has 0 radical (unpaired) electrons. The minimum Gasteiger partial charge on any atom is -0.790 e. The molecule has 47 heavy (non-hydrogen) atoms. The van der Waals surface area contributed by atoms with Crippen molar-refractivity contribution in [3.63, 3.8) is 0 Å². The van der Waals surface area contributed by atoms with Gasteiger partial charge in [0.1, 0.15) is 24.1 Å². The van der Waals surface area contributed by atoms with E-state index in [1.165, 1.54) is 129 Å². The fourth-order valence-electron chi connectivity index (χ4n) is 5.19. The van der Waals surface area contributed by atoms with Crippen LogP contribution in [0.3, 0.4) is 0 Å². The Morgan fingerprint density at radius 3 is 1.51 bits per heavy atom. The highest BCUT2D eigenvalue weighted by atomic mass is 31.2. The number of unbranched alkanes of at least 4 members (excludes halogenated alkanes) is 6. The Morgan fingerprint density at radius 2 is 1.19 bits per heavy atom. The van der Waals surface area contributed by atoms with Crippen LogP contribution in [0, 0.1) is 0 Å². The topological polar surface area (TPSA) is 192 Å². The van der Waals surface area contributed by atoms with E-state index >= 15 is 0 Å². The molecule has 1 aromatic heterocycles. The van der Waals surface area contributed by atoms with E-state index in [1.807, 2.05) is 9.80 Å². The van der Waals surface area contributed by atoms with Crippen LogP contribution in [0.25, 0.3) is 0 Å². The molecule has 0 aromatic carbocycles. The van der Waals surface area contributed by atoms with Crippen LogP contribution in [0.15, 0.2) is 17.1 Å². The lowest BCUT2D eigenvalue weighted by Gasteiger charge is -2.30. The predicted octanol–water partition coefficient (Wildman–Crippen LogP) is 0.833. The number of hydrogen-bond donors (Lipinski definition) is 5. The molecule has 278 valence electrons. The molecule has 13 nitrogen and oxygen atoms in total. The second kappa shape index (κ2) is 27.4. The van der Waals surface area contributed by atoms with E-state index in [4.69, 9.17) is 10.5 Å². The van der Waals surface area contributed by atoms with Crippen molar-refractivity contribution in [2.45, 2.75) is 143 Å². The molecule has 2 rings (SSSR count). The number of rotatable bonds is 22. The quantitative estimate of drug-likeness (QED) is 0.109. The first-order valence-electron chi connectivity index (χ1n) is 18.1. The third kappa shape index (κ3) is 21.3. The number of anilines is 1. The Bertz CT molecular complexity index is 936. The Kier molecular flexibility index (Phi) is 26.6. The average molecular weight is 694 g/mol. The fraction of sp³-hybridized carbons (Fsp3) is 0.879. The van der Waals surface area contributed by atoms with E-state index < -0.39 is 44.7 Å². The monoisotopic (exact) mass is 693 g/mol. The molecule has 0 aliphatic carbocycles. The summed E-state index contributed by atoms with van der Waals surface area (Å²) in [5, 5.41) is 19.6. The Labute approximate surface area is 284 Å². The van der Waals surface area contributed by atoms with Crippen LogP contribution < -0.4 is 31.0 Å². The van der Waals surface area contributed by atoms with E-state index in [1.54, 1.807) is 0 Å². The second-order valence-corrected chi connectivity index (χ2v) is 13.6. The molecule has 1 aliphatic rings. The van der Waals surface area contributed by atoms with Gasteiger partial charge in [-0.15, -0.1) is 0 Å². The smallest absolute Gasteiger partial charge is 0.351 e. The molecule has 0 unspecified atom stereocenters. The van der Waals surface area contributed by atoms with Crippen molar-refractivity contribution in [1.82, 2.24) is 9.55 Å². The van der Waals surface area contributed by atoms with Gasteiger partial charge in [0.15, 0.2) is 6.23 Å². The van der Waals surface area contributed by atoms with Crippen LogP contribution in [-0.2, 0) is 13.8 Å². The van der Waals surface area contributed by atoms with Crippen molar-refractivity contribution in [2.75, 3.05) is 51.6 Å². The van der Waals surface area contributed by atoms with E-state index in [9.17, 15) is 29.4 Å². The highest BCUT2D eigenvalue weighted by molar-refractivity contribution is 7.43. The summed E-state index contributed by atoms with van der Waals surface area (Å²) in [6.45, 7) is 21.3. The zero-order valence-electron chi connectivity index (χ0n) is 30.2. The van der Waals surface area contributed by atoms with Crippen LogP contribution >= 0.6 is 7.82 Å². The third-order valence-electron chi connectivity index (χ3n) is 8.16. The van der Waals surface area contributed by atoms with Gasteiger partial charge in [-0.3, -0.25) is 4.57 Å². The second-order valence-electron chi connectivity index (χ2n) is 12.5. The third-order valence-corrected chi connectivity index (χ3v) is 8.63. The number of nitrogens with two attached hydrogens (primary N) is 1. The lowest BCUT2D eigenvalue weighted by atomic mass is 10.1. The van der Waals surface area contributed by atoms with Crippen molar-refractivity contribution < 1.29 is 43.6 Å². The Balaban J connectivity index is 0.000000714. The van der Waals surface area contributed by atoms with Gasteiger partial charge >= 0.3 is 5.69 Å². The molecule has 1 aliphatic heterocycles. The molecule has 2 heterocycles. The summed E-state index contributed by atoms with van der Waals surface area (Å²) in [6.07, 6.45) is 12.0. The highest BCUT2D eigenvalue weighted by Gasteiger charge is 2.44. The van der Waals surface area contributed by atoms with Gasteiger partial charge in [0.05, 0.1) is 53.7 Å². The van der Waals surface area contributed by atoms with E-state index in [-0.39, 0.29) is 5.82 Å². The maximum absolute atomic E-state index is 11.6. The standard InChI is InChI=1S/2C12H27N.C9H14N3O8P/c2*1-4-7-10-13(11-8-5-2)12-9-6-3;10-5-1-2-12(9(15)11-5)8-7(14)6(13)4(20-8)3-19-21(16,17)18/h2*4-12H2,1-3H3;1-2,4,6-8,13-14H,3H2,(H2,10,11,15)(H2,16,17,18)/t;;4-,6-,7-,8-/m..1/s1. The van der Waals surface area contributed by atoms with E-state index in [2.05, 4.69) is 51.1 Å². The van der Waals surface area contributed by atoms with Gasteiger partial charge in [0.25, 0.3) is 0 Å². The van der Waals surface area contributed by atoms with Crippen molar-refractivity contribution in [1.29, 1.82) is 0 Å². The summed E-state index contributed by atoms with van der Waals surface area (Å²) in [5.41, 5.74) is 4.49. The van der Waals surface area contributed by atoms with E-state index in [0.29, 0.717) is 0 Å². The molecule has 0 amide bonds. The van der Waals surface area contributed by atoms with Gasteiger partial charge in [0, 0.05) is 6.20 Å². The van der Waals surface area contributed by atoms with Crippen LogP contribution in [0.2, 0.25) is 0 Å². The first-order valence-corrected chi connectivity index (χ1v) is 19.5. The van der Waals surface area contributed by atoms with Crippen molar-refractivity contribution in [3.05, 3.63) is 22.7 Å². The molecule has 1 fully saturated rings. The molecule has 0 bridgehead atoms. The SMILES string of the molecule is CCCC[NH+](CCCC)CCCC.CCCC[NH+](CCCC)CCCC.Nc1ccn([C@@H]2O[C@H](COP(=O)([O-])[O-])[C@@H](O)[C@H]2O)c(=O)n1. The first-order chi connectivity index (χ1) is 22.4. The number of phosphoric acid groups is 1. The van der Waals surface area contributed by atoms with Gasteiger partial charge in [-0.05, 0) is 44.6 Å². The summed E-state index contributed by atoms with van der Waals surface area (Å²) in [5.74, 6) is -0.0391. The molecular weight excluding hydrogens is 625 g/mol. The van der Waals surface area contributed by atoms with Crippen LogP contribution in [0.1, 0.15) is 125 Å². The number of ether oxygens (including phenoxy) is 1. The van der Waals surface area contributed by atoms with Crippen molar-refractivity contribution in [3.8, 4) is 0 Å². The van der Waals surface area contributed by atoms with Crippen molar-refractivity contribution >= 4 is 13.6 Å². The number of hydrogen-bond acceptors (Lipinski definition) is 10. The molecule has 1 aromatic rings. The van der Waals surface area contributed by atoms with Crippen LogP contribution in [0.4, 0.5) is 5.82 Å². The van der Waals surface area contributed by atoms with Gasteiger partial charge in [-0.2, -0.15) is 4.98 Å². The largest absolute Gasteiger partial charge is 0.790 e. The molecule has 4 atom stereocenters. The minimum atomic E-state index is -5.24. The molecular formula is C33H68N5O8P. The number of quaternary nitrogens is 2. The number of nitrogens with one attached hydrogen (secondary N) is 2. The number of nitrogen functional groups attached to an aromatic ring is 1. The van der Waals surface area contributed by atoms with Crippen LogP contribution in [-0.4, -0.2) is 84.0 Å². The molecule has 6 N–H and O–H groups in total. The normalized spacial score (nSPS) is 19.4. The predicted molar refractivity (Wildman–Crippen MR) is 183 cm³/mol. The number of aromatic nitrogens is 2. The van der Waals surface area contributed by atoms with Gasteiger partial charge in [0.2, 0.25) is 0 Å². The fourth-order valence-corrected chi connectivity index (χ4v) is 5.52. The zero-order valence-corrected chi connectivity index (χ0v) is 31.1. The van der Waals surface area contributed by atoms with E-state index in [0.717, 1.165) is 4.57 Å². The van der Waals surface area contributed by atoms with Gasteiger partial charge in [-0.25, -0.2) is 4.79 Å². The van der Waals surface area contributed by atoms with Gasteiger partial charge in [-0.1, -0.05) is 80.1 Å². The number of phosphoric ester groups is 1. The van der Waals surface area contributed by atoms with Gasteiger partial charge < -0.3 is 49.4 Å². The molecule has 0 saturated carbocycles. The first kappa shape index (κ1) is 45.6. The lowest BCUT2D eigenvalue weighted by molar-refractivity contribution is -0.900. The summed E-state index contributed by atoms with van der Waals surface area (Å²) in [6, 6.07) is 1.27. The molecule has 1 saturated heterocycles. The number of aliphatic hydroxyl groups excluding tert-OH is 2. The highest BCUT2D eigenvalue weighted by Crippen LogP contribution is 2.32. The van der Waals surface area contributed by atoms with Crippen LogP contribution in [0.5, 0.6) is 0 Å². The summed E-state index contributed by atoms with van der Waals surface area (Å²) >= 11 is 0. The summed E-state index contributed by atoms with van der Waals surface area (Å²) < 4.78 is 20.4. The molecule has 0 spiro atoms. The average Bonchev–Trinajstić information content (AvgIpc) is 3.32. The number of aliphatic hydroxyl groups is 2. The lowest BCUT2D eigenvalue weighted by Crippen LogP contribution is -3.12. The maximum atomic E-state index is 11.6. The maximum Gasteiger partial charge on any atom is 0.351 e. The summed E-state index contributed by atoms with van der Waals surface area (Å²) in [4.78, 5) is 39.5. The number of nitrogens with zero attached hydrogens (tertiary/aromatic N) is 2. The molecule has 14 heteroatoms.